The number of quaternary nitrogens is 1. The highest BCUT2D eigenvalue weighted by molar-refractivity contribution is 6.30. The van der Waals surface area contributed by atoms with Crippen LogP contribution in [0.1, 0.15) is 43.0 Å². The number of hydrogen-bond acceptors (Lipinski definition) is 1. The van der Waals surface area contributed by atoms with E-state index < -0.39 is 0 Å². The van der Waals surface area contributed by atoms with E-state index in [0.717, 1.165) is 36.5 Å². The van der Waals surface area contributed by atoms with Gasteiger partial charge in [0.15, 0.2) is 6.04 Å². The van der Waals surface area contributed by atoms with Gasteiger partial charge in [-0.05, 0) is 31.9 Å². The molecule has 0 aromatic heterocycles. The van der Waals surface area contributed by atoms with Gasteiger partial charge in [0.1, 0.15) is 6.04 Å². The first-order valence-electron chi connectivity index (χ1n) is 8.59. The summed E-state index contributed by atoms with van der Waals surface area (Å²) in [5.41, 5.74) is 2.24. The normalized spacial score (nSPS) is 16.8. The van der Waals surface area contributed by atoms with E-state index in [1.807, 2.05) is 59.5 Å². The standard InChI is InChI=1S/C20H23ClN2O/c1-15(16-9-11-18(21)12-10-16)22-19(17-7-3-2-4-8-17)20(24)23-13-5-6-14-23/h2-4,7-12,15,19,22H,5-6,13-14H2,1H3/p+1/t15-,19+/m1/s1. The second-order valence-corrected chi connectivity index (χ2v) is 6.89. The summed E-state index contributed by atoms with van der Waals surface area (Å²) >= 11 is 5.98. The van der Waals surface area contributed by atoms with Crippen molar-refractivity contribution in [3.05, 3.63) is 70.7 Å². The van der Waals surface area contributed by atoms with E-state index in [2.05, 4.69) is 12.2 Å². The summed E-state index contributed by atoms with van der Waals surface area (Å²) in [5, 5.41) is 2.90. The summed E-state index contributed by atoms with van der Waals surface area (Å²) in [5.74, 6) is 0.222. The van der Waals surface area contributed by atoms with Gasteiger partial charge >= 0.3 is 0 Å². The third-order valence-corrected chi connectivity index (χ3v) is 4.97. The van der Waals surface area contributed by atoms with Crippen LogP contribution >= 0.6 is 11.6 Å². The van der Waals surface area contributed by atoms with Crippen LogP contribution in [0.5, 0.6) is 0 Å². The number of likely N-dealkylation sites (tertiary alicyclic amines) is 1. The second kappa shape index (κ2) is 7.82. The zero-order chi connectivity index (χ0) is 16.9. The minimum absolute atomic E-state index is 0.180. The van der Waals surface area contributed by atoms with Crippen LogP contribution in [0.3, 0.4) is 0 Å². The van der Waals surface area contributed by atoms with Gasteiger partial charge in [0.25, 0.3) is 5.91 Å². The Balaban J connectivity index is 1.81. The molecule has 24 heavy (non-hydrogen) atoms. The number of halogens is 1. The lowest BCUT2D eigenvalue weighted by atomic mass is 10.0. The van der Waals surface area contributed by atoms with Crippen LogP contribution in [0.15, 0.2) is 54.6 Å². The molecule has 126 valence electrons. The maximum Gasteiger partial charge on any atom is 0.285 e. The van der Waals surface area contributed by atoms with E-state index in [0.29, 0.717) is 0 Å². The quantitative estimate of drug-likeness (QED) is 0.888. The van der Waals surface area contributed by atoms with Gasteiger partial charge < -0.3 is 10.2 Å². The summed E-state index contributed by atoms with van der Waals surface area (Å²) in [7, 11) is 0. The molecular weight excluding hydrogens is 320 g/mol. The van der Waals surface area contributed by atoms with Crippen molar-refractivity contribution in [2.45, 2.75) is 31.8 Å². The summed E-state index contributed by atoms with van der Waals surface area (Å²) in [4.78, 5) is 15.0. The lowest BCUT2D eigenvalue weighted by molar-refractivity contribution is -0.719. The lowest BCUT2D eigenvalue weighted by Crippen LogP contribution is -2.88. The van der Waals surface area contributed by atoms with Crippen molar-refractivity contribution < 1.29 is 10.1 Å². The average molecular weight is 344 g/mol. The Bertz CT molecular complexity index is 666. The minimum atomic E-state index is -0.199. The summed E-state index contributed by atoms with van der Waals surface area (Å²) < 4.78 is 0. The van der Waals surface area contributed by atoms with Crippen LogP contribution in [0.25, 0.3) is 0 Å². The fraction of sp³-hybridized carbons (Fsp3) is 0.350. The van der Waals surface area contributed by atoms with E-state index >= 15 is 0 Å². The van der Waals surface area contributed by atoms with Crippen molar-refractivity contribution in [2.24, 2.45) is 0 Å². The van der Waals surface area contributed by atoms with Gasteiger partial charge in [0.2, 0.25) is 0 Å². The first-order valence-corrected chi connectivity index (χ1v) is 8.97. The van der Waals surface area contributed by atoms with E-state index in [4.69, 9.17) is 11.6 Å². The van der Waals surface area contributed by atoms with Gasteiger partial charge in [-0.3, -0.25) is 4.79 Å². The largest absolute Gasteiger partial charge is 0.337 e. The molecule has 3 rings (SSSR count). The number of nitrogens with zero attached hydrogens (tertiary/aromatic N) is 1. The van der Waals surface area contributed by atoms with Crippen LogP contribution in [0.4, 0.5) is 0 Å². The van der Waals surface area contributed by atoms with Crippen molar-refractivity contribution in [2.75, 3.05) is 13.1 Å². The average Bonchev–Trinajstić information content (AvgIpc) is 3.15. The van der Waals surface area contributed by atoms with Crippen molar-refractivity contribution in [1.82, 2.24) is 4.90 Å². The topological polar surface area (TPSA) is 36.9 Å². The first-order chi connectivity index (χ1) is 11.6. The number of amides is 1. The molecule has 1 aliphatic rings. The van der Waals surface area contributed by atoms with Crippen LogP contribution < -0.4 is 5.32 Å². The zero-order valence-electron chi connectivity index (χ0n) is 14.0. The molecule has 1 amide bonds. The maximum absolute atomic E-state index is 13.0. The van der Waals surface area contributed by atoms with E-state index in [1.165, 1.54) is 5.56 Å². The molecule has 0 bridgehead atoms. The Morgan fingerprint density at radius 1 is 1.00 bits per heavy atom. The van der Waals surface area contributed by atoms with Gasteiger partial charge in [-0.2, -0.15) is 0 Å². The predicted octanol–water partition coefficient (Wildman–Crippen LogP) is 3.33. The molecule has 0 aliphatic carbocycles. The number of nitrogens with two attached hydrogens (primary N) is 1. The number of carbonyl (C=O) groups excluding carboxylic acids is 1. The Kier molecular flexibility index (Phi) is 5.54. The first kappa shape index (κ1) is 17.0. The Labute approximate surface area is 148 Å². The number of benzene rings is 2. The van der Waals surface area contributed by atoms with Gasteiger partial charge in [0, 0.05) is 29.2 Å². The summed E-state index contributed by atoms with van der Waals surface area (Å²) in [6.45, 7) is 3.90. The molecule has 0 spiro atoms. The van der Waals surface area contributed by atoms with Crippen LogP contribution in [0.2, 0.25) is 5.02 Å². The van der Waals surface area contributed by atoms with Crippen molar-refractivity contribution in [1.29, 1.82) is 0 Å². The molecule has 1 heterocycles. The van der Waals surface area contributed by atoms with Crippen LogP contribution in [0, 0.1) is 0 Å². The molecule has 2 aromatic rings. The van der Waals surface area contributed by atoms with Gasteiger partial charge in [0.05, 0.1) is 0 Å². The number of hydrogen-bond donors (Lipinski definition) is 1. The Morgan fingerprint density at radius 3 is 2.25 bits per heavy atom. The summed E-state index contributed by atoms with van der Waals surface area (Å²) in [6.07, 6.45) is 2.22. The van der Waals surface area contributed by atoms with Crippen molar-refractivity contribution in [3.8, 4) is 0 Å². The molecule has 0 radical (unpaired) electrons. The third-order valence-electron chi connectivity index (χ3n) is 4.72. The molecule has 2 aromatic carbocycles. The molecule has 1 fully saturated rings. The molecule has 3 nitrogen and oxygen atoms in total. The SMILES string of the molecule is C[C@@H]([NH2+][C@H](C(=O)N1CCCC1)c1ccccc1)c1ccc(Cl)cc1. The van der Waals surface area contributed by atoms with Crippen molar-refractivity contribution in [3.63, 3.8) is 0 Å². The van der Waals surface area contributed by atoms with Gasteiger partial charge in [-0.15, -0.1) is 0 Å². The van der Waals surface area contributed by atoms with Crippen LogP contribution in [-0.2, 0) is 4.79 Å². The molecule has 0 saturated carbocycles. The van der Waals surface area contributed by atoms with E-state index in [9.17, 15) is 4.79 Å². The molecule has 0 unspecified atom stereocenters. The van der Waals surface area contributed by atoms with E-state index in [1.54, 1.807) is 0 Å². The van der Waals surface area contributed by atoms with E-state index in [-0.39, 0.29) is 18.0 Å². The fourth-order valence-corrected chi connectivity index (χ4v) is 3.42. The smallest absolute Gasteiger partial charge is 0.285 e. The fourth-order valence-electron chi connectivity index (χ4n) is 3.30. The lowest BCUT2D eigenvalue weighted by Gasteiger charge is -2.24. The maximum atomic E-state index is 13.0. The molecule has 1 aliphatic heterocycles. The predicted molar refractivity (Wildman–Crippen MR) is 96.8 cm³/mol. The highest BCUT2D eigenvalue weighted by Crippen LogP contribution is 2.19. The van der Waals surface area contributed by atoms with Gasteiger partial charge in [-0.25, -0.2) is 0 Å². The molecular formula is C20H24ClN2O+. The highest BCUT2D eigenvalue weighted by Gasteiger charge is 2.32. The monoisotopic (exact) mass is 343 g/mol. The zero-order valence-corrected chi connectivity index (χ0v) is 14.7. The Hall–Kier alpha value is -1.84. The number of carbonyl (C=O) groups is 1. The molecule has 4 heteroatoms. The van der Waals surface area contributed by atoms with Crippen molar-refractivity contribution >= 4 is 17.5 Å². The summed E-state index contributed by atoms with van der Waals surface area (Å²) in [6, 6.07) is 17.9. The molecule has 1 saturated heterocycles. The molecule has 2 N–H and O–H groups in total. The minimum Gasteiger partial charge on any atom is -0.337 e. The van der Waals surface area contributed by atoms with Crippen LogP contribution in [-0.4, -0.2) is 23.9 Å². The highest BCUT2D eigenvalue weighted by atomic mass is 35.5. The second-order valence-electron chi connectivity index (χ2n) is 6.45. The third kappa shape index (κ3) is 3.97. The molecule has 2 atom stereocenters. The van der Waals surface area contributed by atoms with Gasteiger partial charge in [-0.1, -0.05) is 54.1 Å². The Morgan fingerprint density at radius 2 is 1.62 bits per heavy atom. The number of rotatable bonds is 5.